The van der Waals surface area contributed by atoms with E-state index in [1.165, 1.54) is 45.6 Å². The minimum absolute atomic E-state index is 0.126. The Morgan fingerprint density at radius 3 is 2.23 bits per heavy atom. The molecule has 6 heteroatoms. The van der Waals surface area contributed by atoms with Gasteiger partial charge < -0.3 is 15.0 Å². The topological polar surface area (TPSA) is 48.1 Å². The Kier molecular flexibility index (Phi) is 9.33. The molecule has 0 unspecified atom stereocenters. The molecule has 0 atom stereocenters. The van der Waals surface area contributed by atoms with Crippen LogP contribution in [0.15, 0.2) is 0 Å². The molecule has 0 aliphatic carbocycles. The second-order valence-corrected chi connectivity index (χ2v) is 8.42. The van der Waals surface area contributed by atoms with Gasteiger partial charge in [0.2, 0.25) is 5.91 Å². The van der Waals surface area contributed by atoms with Gasteiger partial charge in [0.25, 0.3) is 0 Å². The van der Waals surface area contributed by atoms with E-state index >= 15 is 0 Å². The van der Waals surface area contributed by atoms with E-state index in [2.05, 4.69) is 33.9 Å². The first-order valence-electron chi connectivity index (χ1n) is 10.5. The Balaban J connectivity index is 1.55. The summed E-state index contributed by atoms with van der Waals surface area (Å²) >= 11 is 0. The van der Waals surface area contributed by atoms with Crippen LogP contribution >= 0.6 is 0 Å². The van der Waals surface area contributed by atoms with Crippen molar-refractivity contribution in [1.29, 1.82) is 0 Å². The van der Waals surface area contributed by atoms with Gasteiger partial charge in [0.1, 0.15) is 0 Å². The lowest BCUT2D eigenvalue weighted by Crippen LogP contribution is -2.51. The van der Waals surface area contributed by atoms with E-state index in [0.717, 1.165) is 19.0 Å². The van der Waals surface area contributed by atoms with Gasteiger partial charge in [0.15, 0.2) is 0 Å². The van der Waals surface area contributed by atoms with Gasteiger partial charge in [-0.05, 0) is 59.5 Å². The fourth-order valence-corrected chi connectivity index (χ4v) is 3.90. The summed E-state index contributed by atoms with van der Waals surface area (Å²) in [5, 5.41) is 2.96. The number of amides is 1. The van der Waals surface area contributed by atoms with Crippen molar-refractivity contribution in [3.63, 3.8) is 0 Å². The van der Waals surface area contributed by atoms with Gasteiger partial charge in [-0.15, -0.1) is 0 Å². The first-order valence-corrected chi connectivity index (χ1v) is 10.5. The SMILES string of the molecule is CC(C)OCCNC(=O)CN1CCC(CN2CCN(C(C)C)CC2)CC1. The number of hydrogen-bond acceptors (Lipinski definition) is 5. The number of ether oxygens (including phenoxy) is 1. The molecule has 0 aromatic carbocycles. The second kappa shape index (κ2) is 11.2. The Labute approximate surface area is 160 Å². The third-order valence-electron chi connectivity index (χ3n) is 5.60. The molecule has 2 saturated heterocycles. The van der Waals surface area contributed by atoms with Gasteiger partial charge in [-0.2, -0.15) is 0 Å². The summed E-state index contributed by atoms with van der Waals surface area (Å²) in [7, 11) is 0. The van der Waals surface area contributed by atoms with Gasteiger partial charge in [-0.3, -0.25) is 14.6 Å². The zero-order valence-corrected chi connectivity index (χ0v) is 17.4. The van der Waals surface area contributed by atoms with Crippen molar-refractivity contribution in [3.05, 3.63) is 0 Å². The molecule has 0 bridgehead atoms. The fraction of sp³-hybridized carbons (Fsp3) is 0.950. The Bertz CT molecular complexity index is 401. The van der Waals surface area contributed by atoms with E-state index < -0.39 is 0 Å². The molecule has 0 aromatic heterocycles. The summed E-state index contributed by atoms with van der Waals surface area (Å²) in [4.78, 5) is 19.5. The highest BCUT2D eigenvalue weighted by Crippen LogP contribution is 2.19. The van der Waals surface area contributed by atoms with Crippen LogP contribution in [0.2, 0.25) is 0 Å². The summed E-state index contributed by atoms with van der Waals surface area (Å²) in [6, 6.07) is 0.670. The maximum atomic E-state index is 12.0. The van der Waals surface area contributed by atoms with Gasteiger partial charge in [-0.25, -0.2) is 0 Å². The number of carbonyl (C=O) groups is 1. The quantitative estimate of drug-likeness (QED) is 0.621. The third kappa shape index (κ3) is 7.91. The summed E-state index contributed by atoms with van der Waals surface area (Å²) < 4.78 is 5.45. The maximum absolute atomic E-state index is 12.0. The summed E-state index contributed by atoms with van der Waals surface area (Å²) in [6.45, 7) is 18.5. The van der Waals surface area contributed by atoms with Crippen molar-refractivity contribution in [3.8, 4) is 0 Å². The average Bonchev–Trinajstić information content (AvgIpc) is 2.61. The van der Waals surface area contributed by atoms with Crippen molar-refractivity contribution in [2.45, 2.75) is 52.7 Å². The molecular formula is C20H40N4O2. The predicted molar refractivity (Wildman–Crippen MR) is 106 cm³/mol. The molecule has 2 heterocycles. The molecule has 2 aliphatic heterocycles. The van der Waals surface area contributed by atoms with Gasteiger partial charge >= 0.3 is 0 Å². The molecule has 0 radical (unpaired) electrons. The lowest BCUT2D eigenvalue weighted by atomic mass is 9.96. The minimum atomic E-state index is 0.126. The maximum Gasteiger partial charge on any atom is 0.234 e. The third-order valence-corrected chi connectivity index (χ3v) is 5.60. The van der Waals surface area contributed by atoms with Crippen molar-refractivity contribution in [2.75, 3.05) is 65.5 Å². The van der Waals surface area contributed by atoms with E-state index in [4.69, 9.17) is 4.74 Å². The molecular weight excluding hydrogens is 328 g/mol. The standard InChI is InChI=1S/C20H40N4O2/c1-17(2)24-12-10-23(11-13-24)15-19-5-8-22(9-6-19)16-20(25)21-7-14-26-18(3)4/h17-19H,5-16H2,1-4H3,(H,21,25). The highest BCUT2D eigenvalue weighted by molar-refractivity contribution is 5.77. The van der Waals surface area contributed by atoms with Gasteiger partial charge in [0.05, 0.1) is 19.3 Å². The van der Waals surface area contributed by atoms with Crippen LogP contribution in [-0.2, 0) is 9.53 Å². The van der Waals surface area contributed by atoms with Gasteiger partial charge in [-0.1, -0.05) is 0 Å². The van der Waals surface area contributed by atoms with Crippen LogP contribution in [0.4, 0.5) is 0 Å². The molecule has 152 valence electrons. The summed E-state index contributed by atoms with van der Waals surface area (Å²) in [5.41, 5.74) is 0. The van der Waals surface area contributed by atoms with E-state index in [1.807, 2.05) is 13.8 Å². The largest absolute Gasteiger partial charge is 0.377 e. The zero-order chi connectivity index (χ0) is 18.9. The number of likely N-dealkylation sites (tertiary alicyclic amines) is 1. The van der Waals surface area contributed by atoms with Crippen molar-refractivity contribution in [2.24, 2.45) is 5.92 Å². The van der Waals surface area contributed by atoms with E-state index in [1.54, 1.807) is 0 Å². The van der Waals surface area contributed by atoms with Crippen LogP contribution in [0.3, 0.4) is 0 Å². The molecule has 0 spiro atoms. The monoisotopic (exact) mass is 368 g/mol. The first kappa shape index (κ1) is 21.6. The number of rotatable bonds is 9. The summed E-state index contributed by atoms with van der Waals surface area (Å²) in [5.74, 6) is 0.917. The summed E-state index contributed by atoms with van der Waals surface area (Å²) in [6.07, 6.45) is 2.65. The van der Waals surface area contributed by atoms with E-state index in [9.17, 15) is 4.79 Å². The van der Waals surface area contributed by atoms with Crippen molar-refractivity contribution < 1.29 is 9.53 Å². The highest BCUT2D eigenvalue weighted by atomic mass is 16.5. The molecule has 26 heavy (non-hydrogen) atoms. The average molecular weight is 369 g/mol. The number of piperidine rings is 1. The Morgan fingerprint density at radius 1 is 1.00 bits per heavy atom. The number of piperazine rings is 1. The molecule has 6 nitrogen and oxygen atoms in total. The lowest BCUT2D eigenvalue weighted by molar-refractivity contribution is -0.122. The van der Waals surface area contributed by atoms with Crippen LogP contribution in [0.1, 0.15) is 40.5 Å². The molecule has 0 saturated carbocycles. The molecule has 1 N–H and O–H groups in total. The molecule has 0 aromatic rings. The van der Waals surface area contributed by atoms with Crippen molar-refractivity contribution >= 4 is 5.91 Å². The Morgan fingerprint density at radius 2 is 1.65 bits per heavy atom. The van der Waals surface area contributed by atoms with Crippen LogP contribution < -0.4 is 5.32 Å². The lowest BCUT2D eigenvalue weighted by Gasteiger charge is -2.40. The number of nitrogens with zero attached hydrogens (tertiary/aromatic N) is 3. The van der Waals surface area contributed by atoms with Crippen molar-refractivity contribution in [1.82, 2.24) is 20.0 Å². The number of nitrogens with one attached hydrogen (secondary N) is 1. The minimum Gasteiger partial charge on any atom is -0.377 e. The number of carbonyl (C=O) groups excluding carboxylic acids is 1. The van der Waals surface area contributed by atoms with Crippen LogP contribution in [0, 0.1) is 5.92 Å². The van der Waals surface area contributed by atoms with Crippen LogP contribution in [0.25, 0.3) is 0 Å². The number of hydrogen-bond donors (Lipinski definition) is 1. The van der Waals surface area contributed by atoms with Crippen LogP contribution in [-0.4, -0.2) is 98.3 Å². The second-order valence-electron chi connectivity index (χ2n) is 8.42. The smallest absolute Gasteiger partial charge is 0.234 e. The molecule has 2 aliphatic rings. The fourth-order valence-electron chi connectivity index (χ4n) is 3.90. The van der Waals surface area contributed by atoms with E-state index in [-0.39, 0.29) is 12.0 Å². The Hall–Kier alpha value is -0.690. The molecule has 1 amide bonds. The van der Waals surface area contributed by atoms with Crippen LogP contribution in [0.5, 0.6) is 0 Å². The first-order chi connectivity index (χ1) is 12.4. The van der Waals surface area contributed by atoms with Gasteiger partial charge in [0, 0.05) is 45.3 Å². The molecule has 2 rings (SSSR count). The predicted octanol–water partition coefficient (Wildman–Crippen LogP) is 1.27. The normalized spacial score (nSPS) is 21.6. The molecule has 2 fully saturated rings. The highest BCUT2D eigenvalue weighted by Gasteiger charge is 2.25. The zero-order valence-electron chi connectivity index (χ0n) is 17.4. The van der Waals surface area contributed by atoms with E-state index in [0.29, 0.717) is 25.7 Å².